The van der Waals surface area contributed by atoms with Crippen LogP contribution < -0.4 is 5.32 Å². The summed E-state index contributed by atoms with van der Waals surface area (Å²) in [5, 5.41) is 12.3. The number of fused-ring (bicyclic) bond motifs is 4. The maximum absolute atomic E-state index is 12.8. The van der Waals surface area contributed by atoms with Gasteiger partial charge in [0.2, 0.25) is 5.91 Å². The van der Waals surface area contributed by atoms with Crippen LogP contribution in [0.3, 0.4) is 0 Å². The average Bonchev–Trinajstić information content (AvgIpc) is 3.36. The van der Waals surface area contributed by atoms with Gasteiger partial charge in [0.1, 0.15) is 17.0 Å². The zero-order chi connectivity index (χ0) is 20.8. The number of nitrogens with one attached hydrogen (secondary N) is 2. The van der Waals surface area contributed by atoms with E-state index < -0.39 is 0 Å². The van der Waals surface area contributed by atoms with Crippen molar-refractivity contribution in [2.75, 3.05) is 12.4 Å². The summed E-state index contributed by atoms with van der Waals surface area (Å²) in [6, 6.07) is 2.21. The predicted octanol–water partition coefficient (Wildman–Crippen LogP) is 3.68. The molecule has 0 aromatic carbocycles. The fourth-order valence-electron chi connectivity index (χ4n) is 4.00. The summed E-state index contributed by atoms with van der Waals surface area (Å²) in [7, 11) is 1.89. The number of nitrogens with zero attached hydrogens (tertiary/aromatic N) is 5. The third kappa shape index (κ3) is 3.19. The molecule has 1 aliphatic carbocycles. The van der Waals surface area contributed by atoms with E-state index in [4.69, 9.17) is 0 Å². The summed E-state index contributed by atoms with van der Waals surface area (Å²) in [5.41, 5.74) is 2.88. The third-order valence-corrected chi connectivity index (χ3v) is 7.03. The zero-order valence-corrected chi connectivity index (χ0v) is 18.0. The van der Waals surface area contributed by atoms with E-state index in [-0.39, 0.29) is 17.9 Å². The van der Waals surface area contributed by atoms with Crippen LogP contribution in [0.1, 0.15) is 30.7 Å². The number of aryl methyl sites for hydroxylation is 1. The molecular formula is C21H23N7OS. The highest BCUT2D eigenvalue weighted by Crippen LogP contribution is 2.40. The second-order valence-electron chi connectivity index (χ2n) is 8.05. The van der Waals surface area contributed by atoms with E-state index in [1.54, 1.807) is 30.1 Å². The van der Waals surface area contributed by atoms with Crippen LogP contribution in [0.25, 0.3) is 21.3 Å². The lowest BCUT2D eigenvalue weighted by Crippen LogP contribution is -2.39. The Morgan fingerprint density at radius 3 is 3.00 bits per heavy atom. The Morgan fingerprint density at radius 2 is 2.17 bits per heavy atom. The first-order chi connectivity index (χ1) is 14.5. The topological polar surface area (TPSA) is 99.7 Å². The first-order valence-electron chi connectivity index (χ1n) is 10.1. The number of hydrogen-bond donors (Lipinski definition) is 2. The highest BCUT2D eigenvalue weighted by Gasteiger charge is 2.31. The molecule has 1 amide bonds. The molecule has 8 nitrogen and oxygen atoms in total. The van der Waals surface area contributed by atoms with Crippen LogP contribution in [0.15, 0.2) is 24.8 Å². The Morgan fingerprint density at radius 1 is 1.30 bits per heavy atom. The molecule has 0 aliphatic heterocycles. The molecule has 0 saturated carbocycles. The van der Waals surface area contributed by atoms with Gasteiger partial charge < -0.3 is 10.2 Å². The van der Waals surface area contributed by atoms with E-state index in [1.807, 2.05) is 18.0 Å². The van der Waals surface area contributed by atoms with Crippen molar-refractivity contribution in [3.63, 3.8) is 0 Å². The fourth-order valence-corrected chi connectivity index (χ4v) is 5.27. The first kappa shape index (κ1) is 18.9. The maximum Gasteiger partial charge on any atom is 0.226 e. The van der Waals surface area contributed by atoms with Crippen molar-refractivity contribution in [3.05, 3.63) is 35.2 Å². The van der Waals surface area contributed by atoms with Gasteiger partial charge in [0.15, 0.2) is 5.65 Å². The standard InChI is InChI=1S/C21H23N7OS/c1-11(2)28(3)21(29)12-4-5-15-16(7-12)30-20-17(15)19(23-10-24-20)26-14-6-13-8-25-27-18(13)22-9-14/h6,8-12H,4-5,7H2,1-3H3,(H,22,25,27)(H,23,24,26)/t12-/m0/s1. The Kier molecular flexibility index (Phi) is 4.62. The van der Waals surface area contributed by atoms with Crippen LogP contribution in [0, 0.1) is 5.92 Å². The summed E-state index contributed by atoms with van der Waals surface area (Å²) in [4.78, 5) is 30.3. The molecule has 1 atom stereocenters. The number of anilines is 2. The SMILES string of the molecule is CC(C)N(C)C(=O)[C@H]1CCc2c(sc3ncnc(Nc4cnc5[nH]ncc5c4)c23)C1. The van der Waals surface area contributed by atoms with Gasteiger partial charge in [0.05, 0.1) is 23.5 Å². The average molecular weight is 422 g/mol. The van der Waals surface area contributed by atoms with Crippen molar-refractivity contribution in [2.24, 2.45) is 5.92 Å². The molecular weight excluding hydrogens is 398 g/mol. The molecule has 1 aliphatic rings. The molecule has 154 valence electrons. The van der Waals surface area contributed by atoms with Gasteiger partial charge in [-0.3, -0.25) is 9.89 Å². The molecule has 0 spiro atoms. The quantitative estimate of drug-likeness (QED) is 0.521. The van der Waals surface area contributed by atoms with E-state index in [9.17, 15) is 4.79 Å². The van der Waals surface area contributed by atoms with Crippen molar-refractivity contribution < 1.29 is 4.79 Å². The number of hydrogen-bond acceptors (Lipinski definition) is 7. The van der Waals surface area contributed by atoms with Gasteiger partial charge in [-0.1, -0.05) is 0 Å². The zero-order valence-electron chi connectivity index (χ0n) is 17.1. The molecule has 0 unspecified atom stereocenters. The summed E-state index contributed by atoms with van der Waals surface area (Å²) >= 11 is 1.68. The maximum atomic E-state index is 12.8. The van der Waals surface area contributed by atoms with Gasteiger partial charge in [-0.15, -0.1) is 11.3 Å². The summed E-state index contributed by atoms with van der Waals surface area (Å²) < 4.78 is 0. The minimum absolute atomic E-state index is 0.0371. The number of aromatic nitrogens is 5. The number of H-pyrrole nitrogens is 1. The molecule has 0 radical (unpaired) electrons. The molecule has 0 bridgehead atoms. The number of pyridine rings is 1. The Labute approximate surface area is 177 Å². The molecule has 4 aromatic rings. The summed E-state index contributed by atoms with van der Waals surface area (Å²) in [6.07, 6.45) is 7.59. The van der Waals surface area contributed by atoms with E-state index >= 15 is 0 Å². The first-order valence-corrected chi connectivity index (χ1v) is 10.9. The van der Waals surface area contributed by atoms with Gasteiger partial charge in [0, 0.05) is 29.3 Å². The molecule has 2 N–H and O–H groups in total. The highest BCUT2D eigenvalue weighted by atomic mass is 32.1. The van der Waals surface area contributed by atoms with Crippen LogP contribution in [0.4, 0.5) is 11.5 Å². The summed E-state index contributed by atoms with van der Waals surface area (Å²) in [6.45, 7) is 4.10. The number of carbonyl (C=O) groups is 1. The van der Waals surface area contributed by atoms with Gasteiger partial charge in [0.25, 0.3) is 0 Å². The molecule has 4 heterocycles. The van der Waals surface area contributed by atoms with Crippen LogP contribution in [-0.2, 0) is 17.6 Å². The number of aromatic amines is 1. The van der Waals surface area contributed by atoms with Gasteiger partial charge in [-0.25, -0.2) is 15.0 Å². The van der Waals surface area contributed by atoms with Crippen molar-refractivity contribution >= 4 is 50.0 Å². The van der Waals surface area contributed by atoms with Crippen molar-refractivity contribution in [1.29, 1.82) is 0 Å². The lowest BCUT2D eigenvalue weighted by atomic mass is 9.86. The third-order valence-electron chi connectivity index (χ3n) is 5.87. The van der Waals surface area contributed by atoms with Crippen LogP contribution in [-0.4, -0.2) is 49.0 Å². The highest BCUT2D eigenvalue weighted by molar-refractivity contribution is 7.19. The smallest absolute Gasteiger partial charge is 0.226 e. The van der Waals surface area contributed by atoms with E-state index in [0.29, 0.717) is 0 Å². The lowest BCUT2D eigenvalue weighted by Gasteiger charge is -2.29. The van der Waals surface area contributed by atoms with Gasteiger partial charge in [-0.2, -0.15) is 5.10 Å². The number of amides is 1. The minimum Gasteiger partial charge on any atom is -0.343 e. The van der Waals surface area contributed by atoms with Crippen molar-refractivity contribution in [1.82, 2.24) is 30.0 Å². The number of thiophene rings is 1. The lowest BCUT2D eigenvalue weighted by molar-refractivity contribution is -0.136. The largest absolute Gasteiger partial charge is 0.343 e. The second-order valence-corrected chi connectivity index (χ2v) is 9.13. The molecule has 5 rings (SSSR count). The van der Waals surface area contributed by atoms with Crippen molar-refractivity contribution in [2.45, 2.75) is 39.2 Å². The minimum atomic E-state index is 0.0371. The Balaban J connectivity index is 1.47. The predicted molar refractivity (Wildman–Crippen MR) is 118 cm³/mol. The Hall–Kier alpha value is -3.07. The molecule has 0 saturated heterocycles. The fraction of sp³-hybridized carbons (Fsp3) is 0.381. The van der Waals surface area contributed by atoms with E-state index in [1.165, 1.54) is 10.4 Å². The van der Waals surface area contributed by atoms with E-state index in [2.05, 4.69) is 44.3 Å². The number of carbonyl (C=O) groups excluding carboxylic acids is 1. The summed E-state index contributed by atoms with van der Waals surface area (Å²) in [5.74, 6) is 1.05. The number of rotatable bonds is 4. The molecule has 4 aromatic heterocycles. The molecule has 9 heteroatoms. The van der Waals surface area contributed by atoms with Crippen molar-refractivity contribution in [3.8, 4) is 0 Å². The monoisotopic (exact) mass is 421 g/mol. The van der Waals surface area contributed by atoms with Crippen LogP contribution in [0.2, 0.25) is 0 Å². The second kappa shape index (κ2) is 7.32. The Bertz CT molecular complexity index is 1240. The molecule has 30 heavy (non-hydrogen) atoms. The van der Waals surface area contributed by atoms with E-state index in [0.717, 1.165) is 52.0 Å². The molecule has 0 fully saturated rings. The van der Waals surface area contributed by atoms with Gasteiger partial charge >= 0.3 is 0 Å². The van der Waals surface area contributed by atoms with Crippen LogP contribution in [0.5, 0.6) is 0 Å². The van der Waals surface area contributed by atoms with Crippen LogP contribution >= 0.6 is 11.3 Å². The normalized spacial score (nSPS) is 16.2. The van der Waals surface area contributed by atoms with Gasteiger partial charge in [-0.05, 0) is 44.7 Å².